The summed E-state index contributed by atoms with van der Waals surface area (Å²) in [6.07, 6.45) is 4.65. The summed E-state index contributed by atoms with van der Waals surface area (Å²) >= 11 is 0. The summed E-state index contributed by atoms with van der Waals surface area (Å²) in [4.78, 5) is 29.3. The first-order chi connectivity index (χ1) is 13.0. The van der Waals surface area contributed by atoms with Crippen LogP contribution in [0.2, 0.25) is 0 Å². The quantitative estimate of drug-likeness (QED) is 0.808. The molecule has 3 rings (SSSR count). The summed E-state index contributed by atoms with van der Waals surface area (Å²) in [7, 11) is 0. The van der Waals surface area contributed by atoms with Gasteiger partial charge in [0.05, 0.1) is 0 Å². The van der Waals surface area contributed by atoms with Crippen molar-refractivity contribution in [1.29, 1.82) is 0 Å². The third-order valence-electron chi connectivity index (χ3n) is 6.48. The van der Waals surface area contributed by atoms with Crippen LogP contribution in [0.5, 0.6) is 0 Å². The van der Waals surface area contributed by atoms with Gasteiger partial charge in [0.15, 0.2) is 0 Å². The molecule has 1 unspecified atom stereocenters. The van der Waals surface area contributed by atoms with Gasteiger partial charge in [-0.15, -0.1) is 0 Å². The number of piperidine rings is 1. The summed E-state index contributed by atoms with van der Waals surface area (Å²) in [5.41, 5.74) is 2.98. The first-order valence-electron chi connectivity index (χ1n) is 10.3. The number of anilines is 1. The summed E-state index contributed by atoms with van der Waals surface area (Å²) in [6, 6.07) is 6.43. The van der Waals surface area contributed by atoms with Crippen molar-refractivity contribution in [3.8, 4) is 0 Å². The normalized spacial score (nSPS) is 19.9. The van der Waals surface area contributed by atoms with Gasteiger partial charge in [-0.3, -0.25) is 9.59 Å². The van der Waals surface area contributed by atoms with Gasteiger partial charge in [-0.05, 0) is 82.7 Å². The molecule has 0 aliphatic carbocycles. The number of nitrogens with zero attached hydrogens (tertiary/aromatic N) is 2. The fourth-order valence-corrected chi connectivity index (χ4v) is 4.41. The zero-order valence-corrected chi connectivity index (χ0v) is 17.0. The molecule has 0 spiro atoms. The molecule has 2 heterocycles. The van der Waals surface area contributed by atoms with Crippen LogP contribution < -0.4 is 5.32 Å². The lowest BCUT2D eigenvalue weighted by Crippen LogP contribution is -2.45. The SMILES string of the molecule is Cc1cccc(NC(=O)CC(=O)N2CCC(C(C)N3CCCC3)CC2)c1C. The number of carbonyl (C=O) groups excluding carboxylic acids is 2. The second-order valence-electron chi connectivity index (χ2n) is 8.17. The lowest BCUT2D eigenvalue weighted by atomic mass is 9.89. The predicted octanol–water partition coefficient (Wildman–Crippen LogP) is 3.35. The average molecular weight is 372 g/mol. The van der Waals surface area contributed by atoms with Crippen molar-refractivity contribution in [2.45, 2.75) is 58.9 Å². The van der Waals surface area contributed by atoms with Gasteiger partial charge in [-0.25, -0.2) is 0 Å². The van der Waals surface area contributed by atoms with E-state index >= 15 is 0 Å². The fraction of sp³-hybridized carbons (Fsp3) is 0.636. The van der Waals surface area contributed by atoms with E-state index in [2.05, 4.69) is 17.1 Å². The fourth-order valence-electron chi connectivity index (χ4n) is 4.41. The van der Waals surface area contributed by atoms with Crippen molar-refractivity contribution in [2.75, 3.05) is 31.5 Å². The largest absolute Gasteiger partial charge is 0.342 e. The minimum atomic E-state index is -0.221. The second-order valence-corrected chi connectivity index (χ2v) is 8.17. The Morgan fingerprint density at radius 1 is 1.11 bits per heavy atom. The van der Waals surface area contributed by atoms with Crippen LogP contribution in [0.3, 0.4) is 0 Å². The van der Waals surface area contributed by atoms with Gasteiger partial charge >= 0.3 is 0 Å². The lowest BCUT2D eigenvalue weighted by Gasteiger charge is -2.38. The molecule has 1 N–H and O–H groups in total. The predicted molar refractivity (Wildman–Crippen MR) is 109 cm³/mol. The Balaban J connectivity index is 1.46. The van der Waals surface area contributed by atoms with Crippen LogP contribution in [0, 0.1) is 19.8 Å². The van der Waals surface area contributed by atoms with E-state index in [9.17, 15) is 9.59 Å². The highest BCUT2D eigenvalue weighted by Gasteiger charge is 2.30. The van der Waals surface area contributed by atoms with Crippen LogP contribution in [-0.4, -0.2) is 53.8 Å². The third kappa shape index (κ3) is 4.89. The minimum absolute atomic E-state index is 0.0509. The molecule has 2 aliphatic rings. The first-order valence-corrected chi connectivity index (χ1v) is 10.3. The number of benzene rings is 1. The Morgan fingerprint density at radius 2 is 1.78 bits per heavy atom. The van der Waals surface area contributed by atoms with Gasteiger partial charge < -0.3 is 15.1 Å². The van der Waals surface area contributed by atoms with Crippen molar-refractivity contribution in [3.05, 3.63) is 29.3 Å². The molecular formula is C22H33N3O2. The van der Waals surface area contributed by atoms with Crippen LogP contribution in [-0.2, 0) is 9.59 Å². The van der Waals surface area contributed by atoms with Crippen LogP contribution in [0.4, 0.5) is 5.69 Å². The molecule has 1 aromatic rings. The topological polar surface area (TPSA) is 52.7 Å². The Morgan fingerprint density at radius 3 is 2.44 bits per heavy atom. The zero-order valence-electron chi connectivity index (χ0n) is 17.0. The van der Waals surface area contributed by atoms with Crippen molar-refractivity contribution < 1.29 is 9.59 Å². The third-order valence-corrected chi connectivity index (χ3v) is 6.48. The van der Waals surface area contributed by atoms with Crippen molar-refractivity contribution in [3.63, 3.8) is 0 Å². The highest BCUT2D eigenvalue weighted by atomic mass is 16.2. The van der Waals surface area contributed by atoms with E-state index in [-0.39, 0.29) is 18.2 Å². The smallest absolute Gasteiger partial charge is 0.233 e. The number of aryl methyl sites for hydroxylation is 1. The van der Waals surface area contributed by atoms with Crippen molar-refractivity contribution >= 4 is 17.5 Å². The standard InChI is InChI=1S/C22H33N3O2/c1-16-7-6-8-20(17(16)2)23-21(26)15-22(27)25-13-9-19(10-14-25)18(3)24-11-4-5-12-24/h6-8,18-19H,4-5,9-15H2,1-3H3,(H,23,26). The monoisotopic (exact) mass is 371 g/mol. The highest BCUT2D eigenvalue weighted by Crippen LogP contribution is 2.26. The summed E-state index contributed by atoms with van der Waals surface area (Å²) in [5.74, 6) is 0.391. The molecule has 0 aromatic heterocycles. The van der Waals surface area contributed by atoms with Gasteiger partial charge in [0, 0.05) is 24.8 Å². The molecule has 1 atom stereocenters. The van der Waals surface area contributed by atoms with E-state index in [1.807, 2.05) is 36.9 Å². The molecule has 5 heteroatoms. The number of hydrogen-bond acceptors (Lipinski definition) is 3. The Kier molecular flexibility index (Phi) is 6.53. The number of hydrogen-bond donors (Lipinski definition) is 1. The van der Waals surface area contributed by atoms with Gasteiger partial charge in [-0.2, -0.15) is 0 Å². The Labute approximate surface area is 163 Å². The van der Waals surface area contributed by atoms with Crippen molar-refractivity contribution in [2.24, 2.45) is 5.92 Å². The molecule has 2 amide bonds. The van der Waals surface area contributed by atoms with E-state index in [0.29, 0.717) is 12.0 Å². The van der Waals surface area contributed by atoms with Gasteiger partial charge in [0.2, 0.25) is 11.8 Å². The van der Waals surface area contributed by atoms with Gasteiger partial charge in [0.25, 0.3) is 0 Å². The maximum absolute atomic E-state index is 12.5. The number of likely N-dealkylation sites (tertiary alicyclic amines) is 2. The molecule has 2 fully saturated rings. The number of rotatable bonds is 5. The van der Waals surface area contributed by atoms with Crippen LogP contribution in [0.15, 0.2) is 18.2 Å². The van der Waals surface area contributed by atoms with E-state index < -0.39 is 0 Å². The van der Waals surface area contributed by atoms with Crippen LogP contribution >= 0.6 is 0 Å². The second kappa shape index (κ2) is 8.87. The zero-order chi connectivity index (χ0) is 19.4. The summed E-state index contributed by atoms with van der Waals surface area (Å²) in [6.45, 7) is 10.3. The van der Waals surface area contributed by atoms with Crippen LogP contribution in [0.25, 0.3) is 0 Å². The molecule has 2 saturated heterocycles. The Bertz CT molecular complexity index is 674. The van der Waals surface area contributed by atoms with Crippen LogP contribution in [0.1, 0.15) is 50.2 Å². The van der Waals surface area contributed by atoms with Gasteiger partial charge in [0.1, 0.15) is 6.42 Å². The number of nitrogens with one attached hydrogen (secondary N) is 1. The van der Waals surface area contributed by atoms with Gasteiger partial charge in [-0.1, -0.05) is 12.1 Å². The first kappa shape index (κ1) is 19.9. The molecule has 0 bridgehead atoms. The lowest BCUT2D eigenvalue weighted by molar-refractivity contribution is -0.136. The maximum atomic E-state index is 12.5. The molecule has 5 nitrogen and oxygen atoms in total. The molecule has 2 aliphatic heterocycles. The number of carbonyl (C=O) groups is 2. The van der Waals surface area contributed by atoms with E-state index in [4.69, 9.17) is 0 Å². The minimum Gasteiger partial charge on any atom is -0.342 e. The summed E-state index contributed by atoms with van der Waals surface area (Å²) < 4.78 is 0. The molecular weight excluding hydrogens is 338 g/mol. The molecule has 0 saturated carbocycles. The molecule has 148 valence electrons. The maximum Gasteiger partial charge on any atom is 0.233 e. The highest BCUT2D eigenvalue weighted by molar-refractivity contribution is 6.03. The Hall–Kier alpha value is -1.88. The summed E-state index contributed by atoms with van der Waals surface area (Å²) in [5, 5.41) is 2.89. The average Bonchev–Trinajstić information content (AvgIpc) is 3.19. The van der Waals surface area contributed by atoms with Crippen molar-refractivity contribution in [1.82, 2.24) is 9.80 Å². The van der Waals surface area contributed by atoms with E-state index in [1.165, 1.54) is 25.9 Å². The molecule has 0 radical (unpaired) electrons. The molecule has 1 aromatic carbocycles. The van der Waals surface area contributed by atoms with E-state index in [1.54, 1.807) is 0 Å². The van der Waals surface area contributed by atoms with E-state index in [0.717, 1.165) is 42.7 Å². The molecule has 27 heavy (non-hydrogen) atoms. The number of amides is 2.